The standard InChI is InChI=1S/C22H22ClNO5/c1-14-2-4-15(5-3-14)19-18(20(26)16-6-8-17(23)9-7-16)21(27)22(28)24(19)10-12-29-13-11-25/h2-9,19,25-26H,10-13H2,1H3/b20-18+. The molecule has 0 radical (unpaired) electrons. The van der Waals surface area contributed by atoms with Gasteiger partial charge in [-0.3, -0.25) is 9.59 Å². The van der Waals surface area contributed by atoms with Crippen molar-refractivity contribution in [3.05, 3.63) is 75.8 Å². The highest BCUT2D eigenvalue weighted by Crippen LogP contribution is 2.39. The molecule has 1 atom stereocenters. The molecule has 2 aromatic rings. The zero-order valence-corrected chi connectivity index (χ0v) is 16.7. The number of halogens is 1. The van der Waals surface area contributed by atoms with Crippen molar-refractivity contribution in [2.45, 2.75) is 13.0 Å². The van der Waals surface area contributed by atoms with Crippen LogP contribution < -0.4 is 0 Å². The van der Waals surface area contributed by atoms with Crippen LogP contribution in [-0.4, -0.2) is 53.2 Å². The summed E-state index contributed by atoms with van der Waals surface area (Å²) in [5.74, 6) is -1.69. The molecule has 0 bridgehead atoms. The summed E-state index contributed by atoms with van der Waals surface area (Å²) < 4.78 is 5.28. The van der Waals surface area contributed by atoms with Crippen molar-refractivity contribution < 1.29 is 24.5 Å². The highest BCUT2D eigenvalue weighted by atomic mass is 35.5. The van der Waals surface area contributed by atoms with Crippen molar-refractivity contribution in [1.29, 1.82) is 0 Å². The molecule has 2 aromatic carbocycles. The fourth-order valence-corrected chi connectivity index (χ4v) is 3.42. The second kappa shape index (κ2) is 9.22. The third kappa shape index (κ3) is 4.50. The number of carbonyl (C=O) groups is 2. The molecule has 1 fully saturated rings. The van der Waals surface area contributed by atoms with E-state index in [1.807, 2.05) is 31.2 Å². The van der Waals surface area contributed by atoms with Gasteiger partial charge in [-0.15, -0.1) is 0 Å². The summed E-state index contributed by atoms with van der Waals surface area (Å²) in [4.78, 5) is 26.9. The van der Waals surface area contributed by atoms with E-state index >= 15 is 0 Å². The second-order valence-electron chi connectivity index (χ2n) is 6.75. The number of benzene rings is 2. The summed E-state index contributed by atoms with van der Waals surface area (Å²) in [5, 5.41) is 20.2. The summed E-state index contributed by atoms with van der Waals surface area (Å²) in [7, 11) is 0. The van der Waals surface area contributed by atoms with E-state index in [-0.39, 0.29) is 37.7 Å². The quantitative estimate of drug-likeness (QED) is 0.314. The van der Waals surface area contributed by atoms with E-state index in [2.05, 4.69) is 0 Å². The molecule has 1 heterocycles. The van der Waals surface area contributed by atoms with E-state index in [1.165, 1.54) is 4.90 Å². The lowest BCUT2D eigenvalue weighted by molar-refractivity contribution is -0.140. The fraction of sp³-hybridized carbons (Fsp3) is 0.273. The Balaban J connectivity index is 2.05. The number of hydrogen-bond acceptors (Lipinski definition) is 5. The van der Waals surface area contributed by atoms with Gasteiger partial charge in [0.05, 0.1) is 31.4 Å². The molecule has 6 nitrogen and oxygen atoms in total. The molecular formula is C22H22ClNO5. The summed E-state index contributed by atoms with van der Waals surface area (Å²) in [6.07, 6.45) is 0. The molecule has 7 heteroatoms. The maximum absolute atomic E-state index is 12.8. The van der Waals surface area contributed by atoms with Crippen molar-refractivity contribution in [1.82, 2.24) is 4.90 Å². The van der Waals surface area contributed by atoms with Gasteiger partial charge >= 0.3 is 0 Å². The minimum absolute atomic E-state index is 0.0309. The van der Waals surface area contributed by atoms with Crippen LogP contribution in [-0.2, 0) is 14.3 Å². The highest BCUT2D eigenvalue weighted by molar-refractivity contribution is 6.46. The number of aryl methyl sites for hydroxylation is 1. The number of amides is 1. The SMILES string of the molecule is Cc1ccc(C2/C(=C(\O)c3ccc(Cl)cc3)C(=O)C(=O)N2CCOCCO)cc1. The lowest BCUT2D eigenvalue weighted by atomic mass is 9.95. The third-order valence-electron chi connectivity index (χ3n) is 4.76. The summed E-state index contributed by atoms with van der Waals surface area (Å²) in [6.45, 7) is 2.27. The van der Waals surface area contributed by atoms with Crippen LogP contribution in [0.15, 0.2) is 54.1 Å². The van der Waals surface area contributed by atoms with Gasteiger partial charge in [0.2, 0.25) is 0 Å². The molecule has 2 N–H and O–H groups in total. The van der Waals surface area contributed by atoms with Gasteiger partial charge in [0.25, 0.3) is 11.7 Å². The maximum Gasteiger partial charge on any atom is 0.295 e. The first-order valence-electron chi connectivity index (χ1n) is 9.23. The number of rotatable bonds is 7. The minimum atomic E-state index is -0.745. The monoisotopic (exact) mass is 415 g/mol. The smallest absolute Gasteiger partial charge is 0.295 e. The second-order valence-corrected chi connectivity index (χ2v) is 7.18. The number of aliphatic hydroxyl groups is 2. The van der Waals surface area contributed by atoms with Gasteiger partial charge in [-0.1, -0.05) is 41.4 Å². The molecular weight excluding hydrogens is 394 g/mol. The fourth-order valence-electron chi connectivity index (χ4n) is 3.30. The Morgan fingerprint density at radius 3 is 2.34 bits per heavy atom. The number of carbonyl (C=O) groups excluding carboxylic acids is 2. The lowest BCUT2D eigenvalue weighted by Gasteiger charge is -2.25. The number of Topliss-reactive ketones (excluding diaryl/α,β-unsaturated/α-hetero) is 1. The Morgan fingerprint density at radius 2 is 1.72 bits per heavy atom. The molecule has 0 aromatic heterocycles. The summed E-state index contributed by atoms with van der Waals surface area (Å²) >= 11 is 5.91. The van der Waals surface area contributed by atoms with Crippen LogP contribution in [0.4, 0.5) is 0 Å². The average Bonchev–Trinajstić information content (AvgIpc) is 2.96. The number of likely N-dealkylation sites (tertiary alicyclic amines) is 1. The average molecular weight is 416 g/mol. The molecule has 1 unspecified atom stereocenters. The molecule has 152 valence electrons. The minimum Gasteiger partial charge on any atom is -0.507 e. The number of aliphatic hydroxyl groups excluding tert-OH is 2. The number of nitrogens with zero attached hydrogens (tertiary/aromatic N) is 1. The number of ether oxygens (including phenoxy) is 1. The van der Waals surface area contributed by atoms with Crippen LogP contribution in [0.25, 0.3) is 5.76 Å². The van der Waals surface area contributed by atoms with E-state index in [0.717, 1.165) is 5.56 Å². The first-order chi connectivity index (χ1) is 13.9. The van der Waals surface area contributed by atoms with E-state index in [1.54, 1.807) is 24.3 Å². The van der Waals surface area contributed by atoms with Gasteiger partial charge in [-0.05, 0) is 36.8 Å². The normalized spacial score (nSPS) is 18.4. The lowest BCUT2D eigenvalue weighted by Crippen LogP contribution is -2.33. The molecule has 1 amide bonds. The van der Waals surface area contributed by atoms with Gasteiger partial charge in [0, 0.05) is 17.1 Å². The van der Waals surface area contributed by atoms with Crippen molar-refractivity contribution in [2.24, 2.45) is 0 Å². The van der Waals surface area contributed by atoms with Gasteiger partial charge in [-0.2, -0.15) is 0 Å². The van der Waals surface area contributed by atoms with E-state index in [0.29, 0.717) is 16.1 Å². The predicted octanol–water partition coefficient (Wildman–Crippen LogP) is 3.08. The predicted molar refractivity (Wildman–Crippen MR) is 110 cm³/mol. The molecule has 1 aliphatic rings. The van der Waals surface area contributed by atoms with Crippen molar-refractivity contribution in [3.8, 4) is 0 Å². The molecule has 29 heavy (non-hydrogen) atoms. The first kappa shape index (κ1) is 21.0. The van der Waals surface area contributed by atoms with Gasteiger partial charge < -0.3 is 19.8 Å². The summed E-state index contributed by atoms with van der Waals surface area (Å²) in [5.41, 5.74) is 2.19. The molecule has 0 spiro atoms. The Bertz CT molecular complexity index is 921. The van der Waals surface area contributed by atoms with Crippen molar-refractivity contribution in [2.75, 3.05) is 26.4 Å². The largest absolute Gasteiger partial charge is 0.507 e. The zero-order valence-electron chi connectivity index (χ0n) is 16.0. The van der Waals surface area contributed by atoms with Crippen LogP contribution >= 0.6 is 11.6 Å². The summed E-state index contributed by atoms with van der Waals surface area (Å²) in [6, 6.07) is 13.1. The Labute approximate surface area is 174 Å². The topological polar surface area (TPSA) is 87.1 Å². The molecule has 1 aliphatic heterocycles. The molecule has 0 aliphatic carbocycles. The van der Waals surface area contributed by atoms with Crippen LogP contribution in [0.2, 0.25) is 5.02 Å². The van der Waals surface area contributed by atoms with E-state index < -0.39 is 17.7 Å². The zero-order chi connectivity index (χ0) is 21.0. The Hall–Kier alpha value is -2.67. The number of hydrogen-bond donors (Lipinski definition) is 2. The van der Waals surface area contributed by atoms with Gasteiger partial charge in [-0.25, -0.2) is 0 Å². The third-order valence-corrected chi connectivity index (χ3v) is 5.01. The maximum atomic E-state index is 12.8. The molecule has 1 saturated heterocycles. The van der Waals surface area contributed by atoms with E-state index in [4.69, 9.17) is 21.4 Å². The van der Waals surface area contributed by atoms with Crippen LogP contribution in [0.1, 0.15) is 22.7 Å². The van der Waals surface area contributed by atoms with Crippen molar-refractivity contribution in [3.63, 3.8) is 0 Å². The van der Waals surface area contributed by atoms with Crippen LogP contribution in [0.3, 0.4) is 0 Å². The Morgan fingerprint density at radius 1 is 1.07 bits per heavy atom. The first-order valence-corrected chi connectivity index (χ1v) is 9.61. The Kier molecular flexibility index (Phi) is 6.69. The molecule has 0 saturated carbocycles. The number of ketones is 1. The van der Waals surface area contributed by atoms with Crippen molar-refractivity contribution >= 4 is 29.1 Å². The molecule has 3 rings (SSSR count). The highest BCUT2D eigenvalue weighted by Gasteiger charge is 2.45. The van der Waals surface area contributed by atoms with Crippen LogP contribution in [0, 0.1) is 6.92 Å². The van der Waals surface area contributed by atoms with Gasteiger partial charge in [0.15, 0.2) is 0 Å². The van der Waals surface area contributed by atoms with E-state index in [9.17, 15) is 14.7 Å². The van der Waals surface area contributed by atoms with Crippen LogP contribution in [0.5, 0.6) is 0 Å². The van der Waals surface area contributed by atoms with Gasteiger partial charge in [0.1, 0.15) is 5.76 Å².